The number of thiophene rings is 2. The van der Waals surface area contributed by atoms with E-state index in [0.29, 0.717) is 21.5 Å². The number of aryl methyl sites for hydroxylation is 1. The van der Waals surface area contributed by atoms with Crippen molar-refractivity contribution in [2.45, 2.75) is 20.8 Å². The van der Waals surface area contributed by atoms with Crippen molar-refractivity contribution in [3.8, 4) is 11.3 Å². The average Bonchev–Trinajstić information content (AvgIpc) is 3.35. The van der Waals surface area contributed by atoms with Crippen LogP contribution in [-0.2, 0) is 9.47 Å². The lowest BCUT2D eigenvalue weighted by Gasteiger charge is -2.05. The number of hydrogen-bond donors (Lipinski definition) is 2. The van der Waals surface area contributed by atoms with Gasteiger partial charge < -0.3 is 20.5 Å². The number of nitrogens with two attached hydrogens (primary N) is 1. The Kier molecular flexibility index (Phi) is 6.86. The van der Waals surface area contributed by atoms with Crippen LogP contribution in [0.25, 0.3) is 21.5 Å². The van der Waals surface area contributed by atoms with Crippen LogP contribution < -0.4 is 11.1 Å². The zero-order chi connectivity index (χ0) is 25.3. The predicted molar refractivity (Wildman–Crippen MR) is 139 cm³/mol. The third-order valence-corrected chi connectivity index (χ3v) is 7.67. The van der Waals surface area contributed by atoms with E-state index in [4.69, 9.17) is 20.2 Å². The number of aromatic nitrogens is 1. The first-order valence-corrected chi connectivity index (χ1v) is 12.3. The summed E-state index contributed by atoms with van der Waals surface area (Å²) in [7, 11) is 1.23. The number of nitrogens with one attached hydrogen (secondary N) is 1. The fourth-order valence-electron chi connectivity index (χ4n) is 3.55. The fraction of sp³-hybridized carbons (Fsp3) is 0.200. The monoisotopic (exact) mass is 509 g/mol. The van der Waals surface area contributed by atoms with Gasteiger partial charge in [0.05, 0.1) is 30.7 Å². The van der Waals surface area contributed by atoms with Crippen molar-refractivity contribution in [3.63, 3.8) is 0 Å². The molecule has 3 aromatic heterocycles. The van der Waals surface area contributed by atoms with E-state index in [1.165, 1.54) is 7.11 Å². The number of carbonyl (C=O) groups excluding carboxylic acids is 3. The Hall–Kier alpha value is -3.76. The van der Waals surface area contributed by atoms with E-state index in [2.05, 4.69) is 5.32 Å². The molecule has 10 heteroatoms. The van der Waals surface area contributed by atoms with E-state index in [1.54, 1.807) is 13.8 Å². The van der Waals surface area contributed by atoms with Gasteiger partial charge in [-0.25, -0.2) is 14.6 Å². The second-order valence-electron chi connectivity index (χ2n) is 7.69. The highest BCUT2D eigenvalue weighted by molar-refractivity contribution is 7.21. The fourth-order valence-corrected chi connectivity index (χ4v) is 5.62. The van der Waals surface area contributed by atoms with Crippen molar-refractivity contribution < 1.29 is 23.9 Å². The molecule has 180 valence electrons. The molecule has 0 bridgehead atoms. The predicted octanol–water partition coefficient (Wildman–Crippen LogP) is 5.44. The first kappa shape index (κ1) is 24.4. The Labute approximate surface area is 209 Å². The molecule has 1 amide bonds. The molecular weight excluding hydrogens is 486 g/mol. The highest BCUT2D eigenvalue weighted by Crippen LogP contribution is 2.38. The number of carbonyl (C=O) groups is 3. The molecule has 3 N–H and O–H groups in total. The van der Waals surface area contributed by atoms with Gasteiger partial charge in [0.1, 0.15) is 19.6 Å². The van der Waals surface area contributed by atoms with Gasteiger partial charge in [-0.3, -0.25) is 4.79 Å². The number of esters is 2. The Morgan fingerprint density at radius 3 is 2.37 bits per heavy atom. The van der Waals surface area contributed by atoms with Gasteiger partial charge in [-0.2, -0.15) is 0 Å². The normalized spacial score (nSPS) is 10.9. The smallest absolute Gasteiger partial charge is 0.348 e. The topological polar surface area (TPSA) is 121 Å². The van der Waals surface area contributed by atoms with Crippen molar-refractivity contribution >= 4 is 61.4 Å². The molecule has 1 aromatic carbocycles. The molecule has 4 rings (SSSR count). The molecule has 0 atom stereocenters. The van der Waals surface area contributed by atoms with Crippen molar-refractivity contribution in [1.82, 2.24) is 4.98 Å². The van der Waals surface area contributed by atoms with Gasteiger partial charge in [-0.05, 0) is 38.5 Å². The van der Waals surface area contributed by atoms with Gasteiger partial charge in [0.25, 0.3) is 5.91 Å². The number of amides is 1. The highest BCUT2D eigenvalue weighted by Gasteiger charge is 2.28. The lowest BCUT2D eigenvalue weighted by atomic mass is 10.1. The van der Waals surface area contributed by atoms with E-state index < -0.39 is 17.8 Å². The SMILES string of the molecule is CCOC(=O)c1sc(NC(=O)c2sc3nc(-c4ccc(C)cc4)ccc3c2N)c(C(=O)OC)c1C. The Morgan fingerprint density at radius 1 is 1.00 bits per heavy atom. The second-order valence-corrected chi connectivity index (χ2v) is 9.71. The molecular formula is C25H23N3O5S2. The first-order chi connectivity index (χ1) is 16.7. The van der Waals surface area contributed by atoms with Crippen LogP contribution >= 0.6 is 22.7 Å². The van der Waals surface area contributed by atoms with Gasteiger partial charge in [0.15, 0.2) is 0 Å². The average molecular weight is 510 g/mol. The summed E-state index contributed by atoms with van der Waals surface area (Å²) in [4.78, 5) is 43.7. The number of hydrogen-bond acceptors (Lipinski definition) is 9. The third-order valence-electron chi connectivity index (χ3n) is 5.37. The summed E-state index contributed by atoms with van der Waals surface area (Å²) in [6.07, 6.45) is 0. The van der Waals surface area contributed by atoms with Crippen LogP contribution in [0.1, 0.15) is 47.8 Å². The van der Waals surface area contributed by atoms with E-state index in [9.17, 15) is 14.4 Å². The molecule has 0 radical (unpaired) electrons. The summed E-state index contributed by atoms with van der Waals surface area (Å²) in [5, 5.41) is 3.58. The minimum absolute atomic E-state index is 0.105. The number of ether oxygens (including phenoxy) is 2. The van der Waals surface area contributed by atoms with E-state index in [1.807, 2.05) is 43.3 Å². The molecule has 0 spiro atoms. The van der Waals surface area contributed by atoms with E-state index >= 15 is 0 Å². The minimum atomic E-state index is -0.668. The molecule has 0 fully saturated rings. The molecule has 35 heavy (non-hydrogen) atoms. The number of pyridine rings is 1. The summed E-state index contributed by atoms with van der Waals surface area (Å²) < 4.78 is 9.94. The van der Waals surface area contributed by atoms with Crippen LogP contribution in [0.2, 0.25) is 0 Å². The standard InChI is InChI=1S/C25H23N3O5S2/c1-5-33-25(31)19-13(3)17(24(30)32-4)23(34-19)28-21(29)20-18(26)15-10-11-16(27-22(15)35-20)14-8-6-12(2)7-9-14/h6-11H,5,26H2,1-4H3,(H,28,29). The summed E-state index contributed by atoms with van der Waals surface area (Å²) in [5.74, 6) is -1.75. The van der Waals surface area contributed by atoms with Crippen molar-refractivity contribution in [3.05, 3.63) is 62.8 Å². The summed E-state index contributed by atoms with van der Waals surface area (Å²) in [6.45, 7) is 5.49. The van der Waals surface area contributed by atoms with Gasteiger partial charge in [0, 0.05) is 10.9 Å². The quantitative estimate of drug-likeness (QED) is 0.332. The number of methoxy groups -OCH3 is 1. The maximum Gasteiger partial charge on any atom is 0.348 e. The largest absolute Gasteiger partial charge is 0.465 e. The maximum atomic E-state index is 13.2. The zero-order valence-corrected chi connectivity index (χ0v) is 21.2. The number of fused-ring (bicyclic) bond motifs is 1. The highest BCUT2D eigenvalue weighted by atomic mass is 32.1. The van der Waals surface area contributed by atoms with Crippen LogP contribution in [0.5, 0.6) is 0 Å². The lowest BCUT2D eigenvalue weighted by molar-refractivity contribution is 0.0531. The Balaban J connectivity index is 1.70. The molecule has 0 saturated carbocycles. The molecule has 0 aliphatic carbocycles. The second kappa shape index (κ2) is 9.85. The zero-order valence-electron chi connectivity index (χ0n) is 19.6. The first-order valence-electron chi connectivity index (χ1n) is 10.7. The Bertz CT molecular complexity index is 1450. The van der Waals surface area contributed by atoms with Crippen LogP contribution in [0.4, 0.5) is 10.7 Å². The Morgan fingerprint density at radius 2 is 1.71 bits per heavy atom. The molecule has 0 aliphatic rings. The summed E-state index contributed by atoms with van der Waals surface area (Å²) in [6, 6.07) is 11.7. The van der Waals surface area contributed by atoms with Crippen LogP contribution in [0, 0.1) is 13.8 Å². The van der Waals surface area contributed by atoms with Gasteiger partial charge in [-0.15, -0.1) is 22.7 Å². The van der Waals surface area contributed by atoms with Crippen LogP contribution in [0.3, 0.4) is 0 Å². The van der Waals surface area contributed by atoms with Crippen LogP contribution in [-0.4, -0.2) is 36.5 Å². The molecule has 0 saturated heterocycles. The molecule has 3 heterocycles. The van der Waals surface area contributed by atoms with Gasteiger partial charge >= 0.3 is 11.9 Å². The van der Waals surface area contributed by atoms with Gasteiger partial charge in [0.2, 0.25) is 0 Å². The van der Waals surface area contributed by atoms with Crippen molar-refractivity contribution in [2.24, 2.45) is 0 Å². The number of rotatable bonds is 6. The number of benzene rings is 1. The molecule has 8 nitrogen and oxygen atoms in total. The van der Waals surface area contributed by atoms with Gasteiger partial charge in [-0.1, -0.05) is 29.8 Å². The molecule has 0 unspecified atom stereocenters. The van der Waals surface area contributed by atoms with E-state index in [0.717, 1.165) is 39.5 Å². The van der Waals surface area contributed by atoms with Crippen LogP contribution in [0.15, 0.2) is 36.4 Å². The maximum absolute atomic E-state index is 13.2. The van der Waals surface area contributed by atoms with Crippen molar-refractivity contribution in [2.75, 3.05) is 24.8 Å². The number of nitrogens with zero attached hydrogens (tertiary/aromatic N) is 1. The third kappa shape index (κ3) is 4.62. The molecule has 4 aromatic rings. The molecule has 0 aliphatic heterocycles. The number of nitrogen functional groups attached to an aromatic ring is 1. The number of anilines is 2. The van der Waals surface area contributed by atoms with Crippen molar-refractivity contribution in [1.29, 1.82) is 0 Å². The summed E-state index contributed by atoms with van der Waals surface area (Å²) >= 11 is 2.11. The van der Waals surface area contributed by atoms with E-state index in [-0.39, 0.29) is 26.9 Å². The summed E-state index contributed by atoms with van der Waals surface area (Å²) in [5.41, 5.74) is 9.95. The minimum Gasteiger partial charge on any atom is -0.465 e. The lowest BCUT2D eigenvalue weighted by Crippen LogP contribution is -2.14.